The molecule has 0 bridgehead atoms. The average Bonchev–Trinajstić information content (AvgIpc) is 3.28. The van der Waals surface area contributed by atoms with Crippen LogP contribution in [0, 0.1) is 17.0 Å². The number of carbonyl (C=O) groups excluding carboxylic acids is 1. The topological polar surface area (TPSA) is 108 Å². The monoisotopic (exact) mass is 384 g/mol. The highest BCUT2D eigenvalue weighted by molar-refractivity contribution is 5.91. The molecule has 0 saturated carbocycles. The normalized spacial score (nSPS) is 10.7. The zero-order valence-corrected chi connectivity index (χ0v) is 15.8. The Balaban J connectivity index is 1.64. The minimum Gasteiger partial charge on any atom is -0.464 e. The van der Waals surface area contributed by atoms with Crippen molar-refractivity contribution in [3.8, 4) is 5.75 Å². The molecule has 0 atom stereocenters. The van der Waals surface area contributed by atoms with Crippen LogP contribution in [0.25, 0.3) is 0 Å². The van der Waals surface area contributed by atoms with Crippen LogP contribution in [0.15, 0.2) is 42.7 Å². The molecule has 0 saturated heterocycles. The maximum Gasteiger partial charge on any atom is 0.311 e. The number of hydrogen-bond donors (Lipinski definition) is 0. The first-order valence-corrected chi connectivity index (χ1v) is 8.49. The fourth-order valence-electron chi connectivity index (χ4n) is 2.64. The van der Waals surface area contributed by atoms with Crippen LogP contribution in [0.5, 0.6) is 5.75 Å². The second kappa shape index (κ2) is 7.91. The lowest BCUT2D eigenvalue weighted by atomic mass is 10.2. The molecule has 28 heavy (non-hydrogen) atoms. The number of aryl methyl sites for hydroxylation is 1. The lowest BCUT2D eigenvalue weighted by Crippen LogP contribution is -2.27. The number of aromatic nitrogens is 4. The summed E-state index contributed by atoms with van der Waals surface area (Å²) in [7, 11) is 3.54. The molecule has 2 heterocycles. The van der Waals surface area contributed by atoms with Crippen molar-refractivity contribution in [2.24, 2.45) is 7.05 Å². The summed E-state index contributed by atoms with van der Waals surface area (Å²) in [6.07, 6.45) is 3.32. The molecule has 0 aliphatic carbocycles. The summed E-state index contributed by atoms with van der Waals surface area (Å²) in [6, 6.07) is 7.67. The summed E-state index contributed by atoms with van der Waals surface area (Å²) in [5.74, 6) is -0.104. The highest BCUT2D eigenvalue weighted by Gasteiger charge is 2.18. The Morgan fingerprint density at radius 2 is 2.07 bits per heavy atom. The smallest absolute Gasteiger partial charge is 0.311 e. The lowest BCUT2D eigenvalue weighted by Gasteiger charge is -2.15. The van der Waals surface area contributed by atoms with Gasteiger partial charge in [0.15, 0.2) is 18.2 Å². The Morgan fingerprint density at radius 1 is 1.32 bits per heavy atom. The summed E-state index contributed by atoms with van der Waals surface area (Å²) in [6.45, 7) is 2.30. The van der Waals surface area contributed by atoms with Crippen LogP contribution >= 0.6 is 0 Å². The first-order valence-electron chi connectivity index (χ1n) is 8.49. The van der Waals surface area contributed by atoms with E-state index in [9.17, 15) is 14.9 Å². The molecule has 3 rings (SSSR count). The quantitative estimate of drug-likeness (QED) is 0.456. The van der Waals surface area contributed by atoms with Crippen LogP contribution in [0.1, 0.15) is 21.7 Å². The van der Waals surface area contributed by atoms with Gasteiger partial charge in [-0.3, -0.25) is 19.6 Å². The summed E-state index contributed by atoms with van der Waals surface area (Å²) in [5, 5.41) is 19.4. The Morgan fingerprint density at radius 3 is 2.75 bits per heavy atom. The van der Waals surface area contributed by atoms with Crippen LogP contribution in [0.3, 0.4) is 0 Å². The van der Waals surface area contributed by atoms with E-state index in [1.54, 1.807) is 47.2 Å². The first-order chi connectivity index (χ1) is 13.4. The maximum absolute atomic E-state index is 12.6. The molecule has 2 aromatic heterocycles. The van der Waals surface area contributed by atoms with Gasteiger partial charge in [0.1, 0.15) is 0 Å². The third-order valence-corrected chi connectivity index (χ3v) is 4.37. The average molecular weight is 384 g/mol. The van der Waals surface area contributed by atoms with Crippen molar-refractivity contribution in [3.05, 3.63) is 69.8 Å². The number of amides is 1. The fraction of sp³-hybridized carbons (Fsp3) is 0.278. The molecule has 0 N–H and O–H groups in total. The van der Waals surface area contributed by atoms with E-state index in [2.05, 4.69) is 10.2 Å². The second-order valence-corrected chi connectivity index (χ2v) is 6.28. The van der Waals surface area contributed by atoms with Gasteiger partial charge in [-0.05, 0) is 19.1 Å². The van der Waals surface area contributed by atoms with Crippen molar-refractivity contribution in [3.63, 3.8) is 0 Å². The molecule has 0 spiro atoms. The highest BCUT2D eigenvalue weighted by Crippen LogP contribution is 2.26. The first kappa shape index (κ1) is 19.1. The van der Waals surface area contributed by atoms with Gasteiger partial charge < -0.3 is 9.64 Å². The van der Waals surface area contributed by atoms with Gasteiger partial charge in [0.05, 0.1) is 11.1 Å². The van der Waals surface area contributed by atoms with Gasteiger partial charge >= 0.3 is 5.69 Å². The van der Waals surface area contributed by atoms with Crippen LogP contribution in [-0.4, -0.2) is 42.3 Å². The molecule has 146 valence electrons. The Kier molecular flexibility index (Phi) is 5.39. The third kappa shape index (κ3) is 4.00. The predicted octanol–water partition coefficient (Wildman–Crippen LogP) is 2.14. The standard InChI is InChI=1S/C18H20N6O4/c1-13-14(10-19-22(13)3)11-21(2)18(25)15-8-9-23(20-15)12-28-17-7-5-4-6-16(17)24(26)27/h4-10H,11-12H2,1-3H3. The van der Waals surface area contributed by atoms with Gasteiger partial charge in [0.2, 0.25) is 0 Å². The molecule has 0 unspecified atom stereocenters. The van der Waals surface area contributed by atoms with E-state index in [1.165, 1.54) is 16.8 Å². The number of benzene rings is 1. The molecule has 0 aliphatic heterocycles. The molecular formula is C18H20N6O4. The van der Waals surface area contributed by atoms with Gasteiger partial charge in [-0.1, -0.05) is 12.1 Å². The van der Waals surface area contributed by atoms with Crippen LogP contribution in [-0.2, 0) is 20.3 Å². The Labute approximate surface area is 161 Å². The number of ether oxygens (including phenoxy) is 1. The predicted molar refractivity (Wildman–Crippen MR) is 99.7 cm³/mol. The second-order valence-electron chi connectivity index (χ2n) is 6.28. The van der Waals surface area contributed by atoms with Crippen molar-refractivity contribution in [2.75, 3.05) is 7.05 Å². The highest BCUT2D eigenvalue weighted by atomic mass is 16.6. The van der Waals surface area contributed by atoms with Gasteiger partial charge in [-0.2, -0.15) is 10.2 Å². The maximum atomic E-state index is 12.6. The minimum atomic E-state index is -0.511. The number of nitro benzene ring substituents is 1. The van der Waals surface area contributed by atoms with E-state index in [1.807, 2.05) is 14.0 Å². The van der Waals surface area contributed by atoms with Crippen molar-refractivity contribution < 1.29 is 14.5 Å². The van der Waals surface area contributed by atoms with Crippen molar-refractivity contribution in [1.82, 2.24) is 24.5 Å². The molecule has 1 amide bonds. The third-order valence-electron chi connectivity index (χ3n) is 4.37. The zero-order valence-electron chi connectivity index (χ0n) is 15.8. The number of carbonyl (C=O) groups is 1. The van der Waals surface area contributed by atoms with E-state index in [0.717, 1.165) is 11.3 Å². The summed E-state index contributed by atoms with van der Waals surface area (Å²) in [4.78, 5) is 24.7. The van der Waals surface area contributed by atoms with Crippen LogP contribution in [0.4, 0.5) is 5.69 Å². The number of nitrogens with zero attached hydrogens (tertiary/aromatic N) is 6. The van der Waals surface area contributed by atoms with E-state index < -0.39 is 4.92 Å². The fourth-order valence-corrected chi connectivity index (χ4v) is 2.64. The van der Waals surface area contributed by atoms with Crippen molar-refractivity contribution in [1.29, 1.82) is 0 Å². The van der Waals surface area contributed by atoms with E-state index in [4.69, 9.17) is 4.74 Å². The zero-order chi connectivity index (χ0) is 20.3. The summed E-state index contributed by atoms with van der Waals surface area (Å²) >= 11 is 0. The SMILES string of the molecule is Cc1c(CN(C)C(=O)c2ccn(COc3ccccc3[N+](=O)[O-])n2)cnn1C. The molecule has 3 aromatic rings. The summed E-state index contributed by atoms with van der Waals surface area (Å²) in [5.41, 5.74) is 2.08. The van der Waals surface area contributed by atoms with Gasteiger partial charge in [0.25, 0.3) is 5.91 Å². The molecule has 10 heteroatoms. The number of hydrogen-bond acceptors (Lipinski definition) is 6. The molecule has 0 fully saturated rings. The van der Waals surface area contributed by atoms with Gasteiger partial charge in [-0.25, -0.2) is 4.68 Å². The summed E-state index contributed by atoms with van der Waals surface area (Å²) < 4.78 is 8.64. The molecule has 1 aromatic carbocycles. The number of para-hydroxylation sites is 2. The lowest BCUT2D eigenvalue weighted by molar-refractivity contribution is -0.386. The number of nitro groups is 1. The van der Waals surface area contributed by atoms with Crippen molar-refractivity contribution in [2.45, 2.75) is 20.2 Å². The minimum absolute atomic E-state index is 0.0520. The van der Waals surface area contributed by atoms with E-state index in [-0.39, 0.29) is 29.8 Å². The molecule has 0 radical (unpaired) electrons. The van der Waals surface area contributed by atoms with E-state index in [0.29, 0.717) is 6.54 Å². The van der Waals surface area contributed by atoms with E-state index >= 15 is 0 Å². The Bertz CT molecular complexity index is 1010. The largest absolute Gasteiger partial charge is 0.464 e. The molecule has 0 aliphatic rings. The number of rotatable bonds is 7. The van der Waals surface area contributed by atoms with Crippen molar-refractivity contribution >= 4 is 11.6 Å². The van der Waals surface area contributed by atoms with Crippen LogP contribution in [0.2, 0.25) is 0 Å². The Hall–Kier alpha value is -3.69. The molecule has 10 nitrogen and oxygen atoms in total. The van der Waals surface area contributed by atoms with Gasteiger partial charge in [-0.15, -0.1) is 0 Å². The molecular weight excluding hydrogens is 364 g/mol. The van der Waals surface area contributed by atoms with Crippen LogP contribution < -0.4 is 4.74 Å². The van der Waals surface area contributed by atoms with Gasteiger partial charge in [0, 0.05) is 44.2 Å².